The fourth-order valence-electron chi connectivity index (χ4n) is 4.89. The molecular formula is C20H34N2O3. The lowest BCUT2D eigenvalue weighted by molar-refractivity contribution is -0.148. The monoisotopic (exact) mass is 350 g/mol. The number of likely N-dealkylation sites (tertiary alicyclic amines) is 1. The quantitative estimate of drug-likeness (QED) is 0.826. The van der Waals surface area contributed by atoms with Crippen molar-refractivity contribution in [3.05, 3.63) is 0 Å². The smallest absolute Gasteiger partial charge is 0.249 e. The average Bonchev–Trinajstić information content (AvgIpc) is 3.35. The number of piperidine rings is 1. The molecule has 25 heavy (non-hydrogen) atoms. The first-order chi connectivity index (χ1) is 12.1. The first-order valence-corrected chi connectivity index (χ1v) is 10.4. The number of carbonyl (C=O) groups excluding carboxylic acids is 1. The molecule has 3 aliphatic heterocycles. The first-order valence-electron chi connectivity index (χ1n) is 10.4. The summed E-state index contributed by atoms with van der Waals surface area (Å²) >= 11 is 0. The van der Waals surface area contributed by atoms with E-state index in [9.17, 15) is 4.79 Å². The van der Waals surface area contributed by atoms with Crippen molar-refractivity contribution in [2.45, 2.75) is 63.6 Å². The highest BCUT2D eigenvalue weighted by Crippen LogP contribution is 2.42. The molecule has 5 nitrogen and oxygen atoms in total. The molecule has 4 rings (SSSR count). The van der Waals surface area contributed by atoms with Crippen molar-refractivity contribution < 1.29 is 14.3 Å². The van der Waals surface area contributed by atoms with Gasteiger partial charge in [-0.3, -0.25) is 4.79 Å². The average molecular weight is 351 g/mol. The molecule has 0 bridgehead atoms. The van der Waals surface area contributed by atoms with E-state index in [4.69, 9.17) is 9.47 Å². The van der Waals surface area contributed by atoms with Crippen LogP contribution in [0, 0.1) is 17.8 Å². The van der Waals surface area contributed by atoms with Gasteiger partial charge in [0.15, 0.2) is 0 Å². The van der Waals surface area contributed by atoms with Crippen LogP contribution in [0.2, 0.25) is 0 Å². The van der Waals surface area contributed by atoms with Crippen LogP contribution in [0.15, 0.2) is 0 Å². The second-order valence-corrected chi connectivity index (χ2v) is 8.86. The van der Waals surface area contributed by atoms with Gasteiger partial charge < -0.3 is 19.7 Å². The van der Waals surface area contributed by atoms with Crippen LogP contribution < -0.4 is 5.32 Å². The van der Waals surface area contributed by atoms with Crippen molar-refractivity contribution in [1.82, 2.24) is 10.2 Å². The molecule has 1 amide bonds. The maximum Gasteiger partial charge on any atom is 0.249 e. The maximum absolute atomic E-state index is 12.4. The van der Waals surface area contributed by atoms with Crippen LogP contribution in [-0.2, 0) is 14.3 Å². The van der Waals surface area contributed by atoms with E-state index in [1.54, 1.807) is 0 Å². The van der Waals surface area contributed by atoms with E-state index in [1.807, 2.05) is 0 Å². The highest BCUT2D eigenvalue weighted by Gasteiger charge is 2.49. The molecule has 1 N–H and O–H groups in total. The van der Waals surface area contributed by atoms with Crippen LogP contribution >= 0.6 is 0 Å². The summed E-state index contributed by atoms with van der Waals surface area (Å²) < 4.78 is 11.9. The molecule has 0 aromatic heterocycles. The Bertz CT molecular complexity index is 476. The Morgan fingerprint density at radius 2 is 1.92 bits per heavy atom. The maximum atomic E-state index is 12.4. The van der Waals surface area contributed by atoms with Crippen LogP contribution in [0.5, 0.6) is 0 Å². The summed E-state index contributed by atoms with van der Waals surface area (Å²) in [5.74, 6) is 2.15. The van der Waals surface area contributed by atoms with Gasteiger partial charge in [0, 0.05) is 39.4 Å². The van der Waals surface area contributed by atoms with Crippen LogP contribution in [0.25, 0.3) is 0 Å². The fourth-order valence-corrected chi connectivity index (χ4v) is 4.89. The molecule has 4 aliphatic rings. The first kappa shape index (κ1) is 17.7. The normalized spacial score (nSPS) is 37.5. The van der Waals surface area contributed by atoms with E-state index in [0.717, 1.165) is 63.9 Å². The van der Waals surface area contributed by atoms with Crippen LogP contribution in [-0.4, -0.2) is 61.9 Å². The SMILES string of the molecule is C[C@@H]1CN(CC2CCOCC2)CC[C@@]12CCC(C(=O)NCC1CC1)O2. The summed E-state index contributed by atoms with van der Waals surface area (Å²) in [4.78, 5) is 15.0. The summed E-state index contributed by atoms with van der Waals surface area (Å²) in [6, 6.07) is 0. The highest BCUT2D eigenvalue weighted by atomic mass is 16.5. The predicted molar refractivity (Wildman–Crippen MR) is 96.3 cm³/mol. The Labute approximate surface area is 151 Å². The molecule has 4 fully saturated rings. The zero-order valence-corrected chi connectivity index (χ0v) is 15.7. The largest absolute Gasteiger partial charge is 0.381 e. The van der Waals surface area contributed by atoms with Gasteiger partial charge >= 0.3 is 0 Å². The molecule has 0 aromatic rings. The van der Waals surface area contributed by atoms with E-state index in [-0.39, 0.29) is 17.6 Å². The van der Waals surface area contributed by atoms with Crippen molar-refractivity contribution in [2.24, 2.45) is 17.8 Å². The van der Waals surface area contributed by atoms with Crippen LogP contribution in [0.1, 0.15) is 51.9 Å². The van der Waals surface area contributed by atoms with Gasteiger partial charge in [-0.1, -0.05) is 6.92 Å². The Hall–Kier alpha value is -0.650. The lowest BCUT2D eigenvalue weighted by Crippen LogP contribution is -2.52. The number of hydrogen-bond donors (Lipinski definition) is 1. The lowest BCUT2D eigenvalue weighted by Gasteiger charge is -2.45. The summed E-state index contributed by atoms with van der Waals surface area (Å²) in [6.45, 7) is 8.44. The van der Waals surface area contributed by atoms with E-state index < -0.39 is 0 Å². The van der Waals surface area contributed by atoms with Gasteiger partial charge in [0.2, 0.25) is 5.91 Å². The third kappa shape index (κ3) is 4.20. The zero-order chi connectivity index (χ0) is 17.3. The number of hydrogen-bond acceptors (Lipinski definition) is 4. The van der Waals surface area contributed by atoms with Crippen LogP contribution in [0.3, 0.4) is 0 Å². The van der Waals surface area contributed by atoms with E-state index in [2.05, 4.69) is 17.1 Å². The highest BCUT2D eigenvalue weighted by molar-refractivity contribution is 5.81. The predicted octanol–water partition coefficient (Wildman–Crippen LogP) is 2.20. The summed E-state index contributed by atoms with van der Waals surface area (Å²) in [6.07, 6.45) is 7.74. The van der Waals surface area contributed by atoms with Gasteiger partial charge in [-0.25, -0.2) is 0 Å². The van der Waals surface area contributed by atoms with Gasteiger partial charge in [-0.05, 0) is 62.7 Å². The topological polar surface area (TPSA) is 50.8 Å². The minimum atomic E-state index is -0.219. The lowest BCUT2D eigenvalue weighted by atomic mass is 9.79. The van der Waals surface area contributed by atoms with Crippen LogP contribution in [0.4, 0.5) is 0 Å². The number of nitrogens with one attached hydrogen (secondary N) is 1. The molecule has 0 aromatic carbocycles. The molecule has 5 heteroatoms. The Morgan fingerprint density at radius 1 is 1.12 bits per heavy atom. The number of ether oxygens (including phenoxy) is 2. The number of rotatable bonds is 5. The molecular weight excluding hydrogens is 316 g/mol. The molecule has 1 aliphatic carbocycles. The molecule has 1 spiro atoms. The Kier molecular flexibility index (Phi) is 5.35. The van der Waals surface area contributed by atoms with Crippen molar-refractivity contribution >= 4 is 5.91 Å². The minimum absolute atomic E-state index is 0.0617. The van der Waals surface area contributed by atoms with Crippen molar-refractivity contribution in [3.8, 4) is 0 Å². The molecule has 1 unspecified atom stereocenters. The van der Waals surface area contributed by atoms with Gasteiger partial charge in [0.25, 0.3) is 0 Å². The second kappa shape index (κ2) is 7.53. The van der Waals surface area contributed by atoms with Gasteiger partial charge in [0.05, 0.1) is 5.60 Å². The fraction of sp³-hybridized carbons (Fsp3) is 0.950. The summed E-state index contributed by atoms with van der Waals surface area (Å²) in [5.41, 5.74) is -0.0617. The number of carbonyl (C=O) groups is 1. The van der Waals surface area contributed by atoms with Crippen molar-refractivity contribution in [3.63, 3.8) is 0 Å². The molecule has 142 valence electrons. The van der Waals surface area contributed by atoms with Gasteiger partial charge in [0.1, 0.15) is 6.10 Å². The van der Waals surface area contributed by atoms with E-state index in [0.29, 0.717) is 5.92 Å². The number of nitrogens with zero attached hydrogens (tertiary/aromatic N) is 1. The third-order valence-corrected chi connectivity index (χ3v) is 6.90. The standard InChI is InChI=1S/C20H34N2O3/c1-15-13-22(14-17-5-10-24-11-6-17)9-8-20(15)7-4-18(25-20)19(23)21-12-16-2-3-16/h15-18H,2-14H2,1H3,(H,21,23)/t15-,18?,20+/m1/s1. The third-order valence-electron chi connectivity index (χ3n) is 6.90. The van der Waals surface area contributed by atoms with Gasteiger partial charge in [-0.15, -0.1) is 0 Å². The summed E-state index contributed by atoms with van der Waals surface area (Å²) in [7, 11) is 0. The van der Waals surface area contributed by atoms with E-state index in [1.165, 1.54) is 32.2 Å². The van der Waals surface area contributed by atoms with E-state index >= 15 is 0 Å². The zero-order valence-electron chi connectivity index (χ0n) is 15.7. The summed E-state index contributed by atoms with van der Waals surface area (Å²) in [5, 5.41) is 3.10. The molecule has 0 radical (unpaired) electrons. The van der Waals surface area contributed by atoms with Crippen molar-refractivity contribution in [1.29, 1.82) is 0 Å². The second-order valence-electron chi connectivity index (χ2n) is 8.86. The van der Waals surface area contributed by atoms with Gasteiger partial charge in [-0.2, -0.15) is 0 Å². The van der Waals surface area contributed by atoms with Crippen molar-refractivity contribution in [2.75, 3.05) is 39.4 Å². The Balaban J connectivity index is 1.26. The minimum Gasteiger partial charge on any atom is -0.381 e. The molecule has 3 heterocycles. The molecule has 1 saturated carbocycles. The molecule has 3 saturated heterocycles. The molecule has 3 atom stereocenters. The Morgan fingerprint density at radius 3 is 2.64 bits per heavy atom. The number of amides is 1.